The number of ether oxygens (including phenoxy) is 1. The molecule has 0 amide bonds. The molecule has 150 valence electrons. The molecule has 0 saturated carbocycles. The third-order valence-electron chi connectivity index (χ3n) is 4.50. The van der Waals surface area contributed by atoms with E-state index in [2.05, 4.69) is 13.8 Å². The zero-order valence-electron chi connectivity index (χ0n) is 15.7. The number of non-ortho nitro benzene ring substituents is 1. The van der Waals surface area contributed by atoms with Crippen LogP contribution in [-0.2, 0) is 14.8 Å². The molecule has 3 rings (SSSR count). The van der Waals surface area contributed by atoms with E-state index < -0.39 is 14.9 Å². The van der Waals surface area contributed by atoms with Gasteiger partial charge in [-0.3, -0.25) is 10.1 Å². The first-order chi connectivity index (χ1) is 13.3. The number of rotatable bonds is 6. The molecule has 0 radical (unpaired) electrons. The predicted molar refractivity (Wildman–Crippen MR) is 107 cm³/mol. The Morgan fingerprint density at radius 1 is 1.11 bits per heavy atom. The van der Waals surface area contributed by atoms with Gasteiger partial charge in [-0.2, -0.15) is 4.31 Å². The molecule has 0 aliphatic carbocycles. The van der Waals surface area contributed by atoms with Crippen LogP contribution in [0, 0.1) is 10.1 Å². The Bertz CT molecular complexity index is 953. The first-order valence-corrected chi connectivity index (χ1v) is 11.2. The molecule has 28 heavy (non-hydrogen) atoms. The monoisotopic (exact) mass is 422 g/mol. The highest BCUT2D eigenvalue weighted by molar-refractivity contribution is 8.00. The summed E-state index contributed by atoms with van der Waals surface area (Å²) in [6, 6.07) is 11.9. The lowest BCUT2D eigenvalue weighted by Crippen LogP contribution is -2.40. The molecule has 1 heterocycles. The van der Waals surface area contributed by atoms with Crippen LogP contribution < -0.4 is 0 Å². The fraction of sp³-hybridized carbons (Fsp3) is 0.368. The van der Waals surface area contributed by atoms with Crippen LogP contribution in [0.25, 0.3) is 0 Å². The Hall–Kier alpha value is -1.94. The number of nitro benzene ring substituents is 1. The van der Waals surface area contributed by atoms with Crippen molar-refractivity contribution in [1.82, 2.24) is 4.31 Å². The number of benzene rings is 2. The van der Waals surface area contributed by atoms with E-state index in [-0.39, 0.29) is 23.7 Å². The molecule has 9 heteroatoms. The van der Waals surface area contributed by atoms with Crippen molar-refractivity contribution in [1.29, 1.82) is 0 Å². The van der Waals surface area contributed by atoms with Gasteiger partial charge in [-0.15, -0.1) is 0 Å². The first-order valence-electron chi connectivity index (χ1n) is 8.93. The maximum Gasteiger partial charge on any atom is 0.270 e. The summed E-state index contributed by atoms with van der Waals surface area (Å²) in [7, 11) is -3.86. The summed E-state index contributed by atoms with van der Waals surface area (Å²) in [6.45, 7) is 5.30. The Morgan fingerprint density at radius 3 is 2.32 bits per heavy atom. The minimum absolute atomic E-state index is 0.0402. The van der Waals surface area contributed by atoms with Crippen molar-refractivity contribution in [2.45, 2.75) is 34.5 Å². The lowest BCUT2D eigenvalue weighted by molar-refractivity contribution is -0.385. The van der Waals surface area contributed by atoms with Crippen molar-refractivity contribution in [2.75, 3.05) is 26.3 Å². The Morgan fingerprint density at radius 2 is 1.75 bits per heavy atom. The summed E-state index contributed by atoms with van der Waals surface area (Å²) < 4.78 is 32.9. The van der Waals surface area contributed by atoms with E-state index in [4.69, 9.17) is 4.74 Å². The summed E-state index contributed by atoms with van der Waals surface area (Å²) in [5.41, 5.74) is 0.945. The van der Waals surface area contributed by atoms with Gasteiger partial charge < -0.3 is 4.74 Å². The maximum absolute atomic E-state index is 13.2. The lowest BCUT2D eigenvalue weighted by Gasteiger charge is -2.26. The van der Waals surface area contributed by atoms with Crippen LogP contribution in [0.3, 0.4) is 0 Å². The molecule has 0 spiro atoms. The minimum Gasteiger partial charge on any atom is -0.379 e. The smallest absolute Gasteiger partial charge is 0.270 e. The van der Waals surface area contributed by atoms with Crippen molar-refractivity contribution in [3.63, 3.8) is 0 Å². The van der Waals surface area contributed by atoms with E-state index in [1.54, 1.807) is 0 Å². The van der Waals surface area contributed by atoms with Gasteiger partial charge in [0.05, 0.1) is 18.1 Å². The van der Waals surface area contributed by atoms with Gasteiger partial charge in [-0.25, -0.2) is 8.42 Å². The number of nitrogens with zero attached hydrogens (tertiary/aromatic N) is 2. The van der Waals surface area contributed by atoms with Crippen LogP contribution in [0.5, 0.6) is 0 Å². The molecule has 1 fully saturated rings. The van der Waals surface area contributed by atoms with Gasteiger partial charge in [0, 0.05) is 35.0 Å². The molecule has 7 nitrogen and oxygen atoms in total. The highest BCUT2D eigenvalue weighted by atomic mass is 32.2. The Labute approximate surface area is 168 Å². The molecule has 2 aromatic carbocycles. The summed E-state index contributed by atoms with van der Waals surface area (Å²) in [5.74, 6) is 0.399. The van der Waals surface area contributed by atoms with Gasteiger partial charge in [0.25, 0.3) is 5.69 Å². The van der Waals surface area contributed by atoms with Crippen LogP contribution in [0.15, 0.2) is 57.2 Å². The molecule has 2 aromatic rings. The van der Waals surface area contributed by atoms with Crippen molar-refractivity contribution >= 4 is 27.5 Å². The zero-order valence-corrected chi connectivity index (χ0v) is 17.3. The lowest BCUT2D eigenvalue weighted by atomic mass is 10.0. The average molecular weight is 423 g/mol. The second-order valence-corrected chi connectivity index (χ2v) is 9.75. The fourth-order valence-electron chi connectivity index (χ4n) is 2.87. The van der Waals surface area contributed by atoms with Crippen LogP contribution >= 0.6 is 11.8 Å². The van der Waals surface area contributed by atoms with Crippen LogP contribution in [-0.4, -0.2) is 43.9 Å². The third kappa shape index (κ3) is 4.54. The molecule has 0 atom stereocenters. The highest BCUT2D eigenvalue weighted by Gasteiger charge is 2.30. The van der Waals surface area contributed by atoms with Crippen LogP contribution in [0.2, 0.25) is 0 Å². The molecule has 0 aromatic heterocycles. The largest absolute Gasteiger partial charge is 0.379 e. The van der Waals surface area contributed by atoms with Gasteiger partial charge in [-0.05, 0) is 29.7 Å². The highest BCUT2D eigenvalue weighted by Crippen LogP contribution is 2.37. The van der Waals surface area contributed by atoms with E-state index >= 15 is 0 Å². The minimum atomic E-state index is -3.86. The molecule has 0 N–H and O–H groups in total. The Balaban J connectivity index is 1.99. The number of nitro groups is 1. The fourth-order valence-corrected chi connectivity index (χ4v) is 5.63. The number of sulfonamides is 1. The molecule has 1 aliphatic rings. The molecule has 0 bridgehead atoms. The molecular weight excluding hydrogens is 400 g/mol. The molecular formula is C19H22N2O5S2. The van der Waals surface area contributed by atoms with Gasteiger partial charge in [0.1, 0.15) is 4.90 Å². The SMILES string of the molecule is CC(C)c1ccc(Sc2ccc([N+](=O)[O-])cc2S(=O)(=O)N2CCOCC2)cc1. The predicted octanol–water partition coefficient (Wildman–Crippen LogP) is 3.89. The number of hydrogen-bond donors (Lipinski definition) is 0. The van der Waals surface area contributed by atoms with Crippen molar-refractivity contribution < 1.29 is 18.1 Å². The normalized spacial score (nSPS) is 15.7. The van der Waals surface area contributed by atoms with E-state index in [0.29, 0.717) is 24.0 Å². The maximum atomic E-state index is 13.2. The summed E-state index contributed by atoms with van der Waals surface area (Å²) in [4.78, 5) is 11.9. The van der Waals surface area contributed by atoms with Gasteiger partial charge in [0.2, 0.25) is 10.0 Å². The van der Waals surface area contributed by atoms with Crippen molar-refractivity contribution in [3.05, 3.63) is 58.1 Å². The number of hydrogen-bond acceptors (Lipinski definition) is 6. The van der Waals surface area contributed by atoms with E-state index in [1.807, 2.05) is 24.3 Å². The standard InChI is InChI=1S/C19H22N2O5S2/c1-14(2)15-3-6-17(7-4-15)27-18-8-5-16(21(22)23)13-19(18)28(24,25)20-9-11-26-12-10-20/h3-8,13-14H,9-12H2,1-2H3. The zero-order chi connectivity index (χ0) is 20.3. The summed E-state index contributed by atoms with van der Waals surface area (Å²) in [6.07, 6.45) is 0. The third-order valence-corrected chi connectivity index (χ3v) is 7.65. The average Bonchev–Trinajstić information content (AvgIpc) is 2.69. The second kappa shape index (κ2) is 8.60. The first kappa shape index (κ1) is 20.8. The van der Waals surface area contributed by atoms with Crippen LogP contribution in [0.1, 0.15) is 25.3 Å². The number of morpholine rings is 1. The Kier molecular flexibility index (Phi) is 6.39. The van der Waals surface area contributed by atoms with E-state index in [0.717, 1.165) is 11.0 Å². The van der Waals surface area contributed by atoms with Gasteiger partial charge in [0.15, 0.2) is 0 Å². The van der Waals surface area contributed by atoms with E-state index in [1.165, 1.54) is 33.8 Å². The molecule has 1 saturated heterocycles. The van der Waals surface area contributed by atoms with E-state index in [9.17, 15) is 18.5 Å². The van der Waals surface area contributed by atoms with Gasteiger partial charge >= 0.3 is 0 Å². The van der Waals surface area contributed by atoms with Crippen LogP contribution in [0.4, 0.5) is 5.69 Å². The second-order valence-electron chi connectivity index (χ2n) is 6.73. The van der Waals surface area contributed by atoms with Crippen molar-refractivity contribution in [2.24, 2.45) is 0 Å². The topological polar surface area (TPSA) is 89.8 Å². The molecule has 1 aliphatic heterocycles. The summed E-state index contributed by atoms with van der Waals surface area (Å²) >= 11 is 1.29. The summed E-state index contributed by atoms with van der Waals surface area (Å²) in [5, 5.41) is 11.2. The molecule has 0 unspecified atom stereocenters. The van der Waals surface area contributed by atoms with Gasteiger partial charge in [-0.1, -0.05) is 37.7 Å². The van der Waals surface area contributed by atoms with Crippen molar-refractivity contribution in [3.8, 4) is 0 Å². The quantitative estimate of drug-likeness (QED) is 0.518.